The molecule has 18 nitrogen and oxygen atoms in total. The van der Waals surface area contributed by atoms with E-state index >= 15 is 0 Å². The van der Waals surface area contributed by atoms with Crippen molar-refractivity contribution in [1.29, 1.82) is 0 Å². The molecule has 0 aromatic rings. The molecule has 1 amide bonds. The van der Waals surface area contributed by atoms with Crippen LogP contribution in [0.5, 0.6) is 0 Å². The summed E-state index contributed by atoms with van der Waals surface area (Å²) in [5, 5.41) is 13.0. The van der Waals surface area contributed by atoms with Crippen LogP contribution < -0.4 is 15.3 Å². The zero-order chi connectivity index (χ0) is 42.3. The van der Waals surface area contributed by atoms with Crippen molar-refractivity contribution in [3.63, 3.8) is 0 Å². The van der Waals surface area contributed by atoms with Gasteiger partial charge in [0, 0.05) is 41.3 Å². The number of hydrogen-bond donors (Lipinski definition) is 1. The van der Waals surface area contributed by atoms with E-state index in [2.05, 4.69) is 38.8 Å². The predicted octanol–water partition coefficient (Wildman–Crippen LogP) is -0.674. The van der Waals surface area contributed by atoms with Crippen LogP contribution >= 0.6 is 7.82 Å². The average Bonchev–Trinajstić information content (AvgIpc) is 2.96. The molecule has 0 aromatic carbocycles. The summed E-state index contributed by atoms with van der Waals surface area (Å²) < 4.78 is 63.1. The van der Waals surface area contributed by atoms with Gasteiger partial charge in [-0.2, -0.15) is 0 Å². The van der Waals surface area contributed by atoms with Crippen molar-refractivity contribution in [2.75, 3.05) is 121 Å². The van der Waals surface area contributed by atoms with Crippen LogP contribution in [0.4, 0.5) is 0 Å². The molecule has 0 spiro atoms. The number of carboxylic acid groups (broad SMARTS) is 1. The lowest BCUT2D eigenvalue weighted by molar-refractivity contribution is -0.890. The van der Waals surface area contributed by atoms with Crippen molar-refractivity contribution in [1.82, 2.24) is 5.32 Å². The number of carboxylic acids is 1. The summed E-state index contributed by atoms with van der Waals surface area (Å²) in [7, 11) is 4.84. The molecule has 0 aliphatic rings. The summed E-state index contributed by atoms with van der Waals surface area (Å²) in [4.78, 5) is 54.9. The molecule has 1 unspecified atom stereocenters. The second-order valence-corrected chi connectivity index (χ2v) is 17.4. The van der Waals surface area contributed by atoms with Gasteiger partial charge in [0.2, 0.25) is 5.91 Å². The zero-order valence-corrected chi connectivity index (χ0v) is 34.9. The highest BCUT2D eigenvalue weighted by Crippen LogP contribution is 2.37. The second kappa shape index (κ2) is 25.9. The number of carbonyl (C=O) groups is 4. The van der Waals surface area contributed by atoms with E-state index in [-0.39, 0.29) is 50.1 Å². The molecule has 0 radical (unpaired) electrons. The molecule has 310 valence electrons. The quantitative estimate of drug-likeness (QED) is 0.0318. The lowest BCUT2D eigenvalue weighted by Gasteiger charge is -2.30. The molecular formula is C33H63N4O14PS. The minimum Gasteiger partial charge on any atom is -0.756 e. The first kappa shape index (κ1) is 54.3. The Morgan fingerprint density at radius 1 is 0.698 bits per heavy atom. The first-order valence-electron chi connectivity index (χ1n) is 16.6. The number of nitrogens with zero attached hydrogens (tertiary/aromatic N) is 3. The molecule has 1 atom stereocenters. The van der Waals surface area contributed by atoms with Gasteiger partial charge in [-0.3, -0.25) is 9.36 Å². The number of phosphoric acid groups is 1. The zero-order valence-electron chi connectivity index (χ0n) is 33.2. The molecule has 0 saturated heterocycles. The molecule has 0 saturated carbocycles. The lowest BCUT2D eigenvalue weighted by Crippen LogP contribution is -2.47. The van der Waals surface area contributed by atoms with Crippen LogP contribution in [0.2, 0.25) is 0 Å². The number of ether oxygens (including phenoxy) is 2. The highest BCUT2D eigenvalue weighted by atomic mass is 32.2. The number of rotatable bonds is 24. The van der Waals surface area contributed by atoms with E-state index in [0.29, 0.717) is 70.3 Å². The Labute approximate surface area is 316 Å². The molecule has 0 aliphatic carbocycles. The van der Waals surface area contributed by atoms with E-state index < -0.39 is 35.8 Å². The molecule has 53 heavy (non-hydrogen) atoms. The van der Waals surface area contributed by atoms with Gasteiger partial charge in [-0.25, -0.2) is 18.0 Å². The maximum Gasteiger partial charge on any atom is 0.333 e. The number of nitrogens with one attached hydrogen (secondary N) is 1. The Bertz CT molecular complexity index is 1380. The van der Waals surface area contributed by atoms with Crippen molar-refractivity contribution < 1.29 is 78.7 Å². The van der Waals surface area contributed by atoms with E-state index in [0.717, 1.165) is 0 Å². The Morgan fingerprint density at radius 2 is 1.17 bits per heavy atom. The van der Waals surface area contributed by atoms with Crippen molar-refractivity contribution in [2.24, 2.45) is 0 Å². The summed E-state index contributed by atoms with van der Waals surface area (Å²) in [5.41, 5.74) is 1.06. The minimum atomic E-state index is -4.34. The van der Waals surface area contributed by atoms with Gasteiger partial charge in [0.15, 0.2) is 0 Å². The average molecular weight is 803 g/mol. The van der Waals surface area contributed by atoms with E-state index in [9.17, 15) is 46.7 Å². The molecule has 0 rings (SSSR count). The number of aliphatic carboxylic acids is 1. The van der Waals surface area contributed by atoms with Crippen LogP contribution in [-0.4, -0.2) is 171 Å². The second-order valence-electron chi connectivity index (χ2n) is 14.5. The van der Waals surface area contributed by atoms with Crippen LogP contribution in [0.25, 0.3) is 0 Å². The van der Waals surface area contributed by atoms with Gasteiger partial charge in [0.1, 0.15) is 32.9 Å². The summed E-state index contributed by atoms with van der Waals surface area (Å²) in [6.07, 6.45) is 0.328. The topological polar surface area (TPSA) is 238 Å². The number of quaternary nitrogens is 3. The number of hydrogen-bond acceptors (Lipinski definition) is 14. The molecule has 20 heteroatoms. The summed E-state index contributed by atoms with van der Waals surface area (Å²) in [5.74, 6) is -2.59. The summed E-state index contributed by atoms with van der Waals surface area (Å²) in [6.45, 7) is 18.2. The Hall–Kier alpha value is -3.00. The third kappa shape index (κ3) is 38.5. The van der Waals surface area contributed by atoms with Gasteiger partial charge < -0.3 is 56.6 Å². The predicted molar refractivity (Wildman–Crippen MR) is 194 cm³/mol. The highest BCUT2D eigenvalue weighted by molar-refractivity contribution is 7.85. The molecule has 0 heterocycles. The third-order valence-electron chi connectivity index (χ3n) is 6.67. The van der Waals surface area contributed by atoms with Crippen LogP contribution in [0.1, 0.15) is 33.6 Å². The van der Waals surface area contributed by atoms with Gasteiger partial charge in [0.25, 0.3) is 7.82 Å². The van der Waals surface area contributed by atoms with E-state index in [1.165, 1.54) is 6.92 Å². The van der Waals surface area contributed by atoms with Gasteiger partial charge in [0.05, 0.1) is 92.2 Å². The number of amides is 1. The lowest BCUT2D eigenvalue weighted by atomic mass is 10.3. The van der Waals surface area contributed by atoms with Gasteiger partial charge in [-0.1, -0.05) is 19.7 Å². The Morgan fingerprint density at radius 3 is 1.60 bits per heavy atom. The molecule has 1 N–H and O–H groups in total. The molecule has 0 bridgehead atoms. The molecule has 0 aromatic heterocycles. The summed E-state index contributed by atoms with van der Waals surface area (Å²) in [6, 6.07) is 0. The highest BCUT2D eigenvalue weighted by Gasteiger charge is 2.17. The fourth-order valence-corrected chi connectivity index (χ4v) is 4.45. The number of likely N-dealkylation sites (N-methyl/N-ethyl adjacent to an activating group) is 3. The Kier molecular flexibility index (Phi) is 26.6. The summed E-state index contributed by atoms with van der Waals surface area (Å²) >= 11 is 0. The maximum atomic E-state index is 11.3. The molecule has 0 fully saturated rings. The maximum absolute atomic E-state index is 11.3. The number of esters is 2. The first-order valence-corrected chi connectivity index (χ1v) is 19.6. The third-order valence-corrected chi connectivity index (χ3v) is 8.46. The van der Waals surface area contributed by atoms with E-state index in [1.807, 2.05) is 49.3 Å². The molecular weight excluding hydrogens is 739 g/mol. The van der Waals surface area contributed by atoms with E-state index in [1.54, 1.807) is 13.8 Å². The van der Waals surface area contributed by atoms with Gasteiger partial charge >= 0.3 is 11.9 Å². The fraction of sp³-hybridized carbons (Fsp3) is 0.697. The van der Waals surface area contributed by atoms with Crippen molar-refractivity contribution in [2.45, 2.75) is 33.6 Å². The Balaban J connectivity index is -0.000000710. The monoisotopic (exact) mass is 802 g/mol. The van der Waals surface area contributed by atoms with Crippen LogP contribution in [0, 0.1) is 0 Å². The van der Waals surface area contributed by atoms with Crippen LogP contribution in [0.3, 0.4) is 0 Å². The van der Waals surface area contributed by atoms with Crippen molar-refractivity contribution in [3.05, 3.63) is 36.5 Å². The van der Waals surface area contributed by atoms with Crippen molar-refractivity contribution >= 4 is 41.8 Å². The van der Waals surface area contributed by atoms with Gasteiger partial charge in [-0.15, -0.1) is 0 Å². The van der Waals surface area contributed by atoms with Crippen LogP contribution in [0.15, 0.2) is 36.5 Å². The number of carbonyl (C=O) groups excluding carboxylic acids is 4. The smallest absolute Gasteiger partial charge is 0.333 e. The molecule has 0 aliphatic heterocycles. The van der Waals surface area contributed by atoms with Gasteiger partial charge in [-0.05, 0) is 20.8 Å². The first-order chi connectivity index (χ1) is 23.8. The minimum absolute atomic E-state index is 0.0292. The van der Waals surface area contributed by atoms with Crippen LogP contribution in [-0.2, 0) is 52.4 Å². The fourth-order valence-electron chi connectivity index (χ4n) is 3.29. The normalized spacial score (nSPS) is 12.8. The standard InChI is InChI=1S/C11H20N2O3.C11H22NO6P.C11H21NO5S/c1-9(2)11(16)12-6-8-13(3,4)7-5-10(14)15;1-10(2)11(13)16-8-9-18-19(14,15)17-7-6-12(3,4)5;1-10(2)11(13)17-8-7-12(3,4)6-5-9-18(14,15)16/h1,5-8H2,2-4H3,(H-,12,14,15,16);1,6-9H2,2-5H3;1,5-9H2,2-4H3. The largest absolute Gasteiger partial charge is 0.756 e. The van der Waals surface area contributed by atoms with E-state index in [4.69, 9.17) is 4.74 Å². The SMILES string of the molecule is C=C(C)C(=O)NCC[N+](C)(C)CCC(=O)[O-].C=C(C)C(=O)OCCOP(=O)([O-])OCC[N+](C)(C)C.C=C(C)C(=O)OCC[N+](C)(C)CCCS(=O)(=O)[O-]. The number of phosphoric ester groups is 1. The van der Waals surface area contributed by atoms with Crippen molar-refractivity contribution in [3.8, 4) is 0 Å².